The van der Waals surface area contributed by atoms with Gasteiger partial charge in [0.1, 0.15) is 5.82 Å². The van der Waals surface area contributed by atoms with Crippen LogP contribution >= 0.6 is 15.9 Å². The smallest absolute Gasteiger partial charge is 0.157 e. The van der Waals surface area contributed by atoms with Gasteiger partial charge in [-0.3, -0.25) is 0 Å². The van der Waals surface area contributed by atoms with Crippen molar-refractivity contribution in [3.63, 3.8) is 0 Å². The van der Waals surface area contributed by atoms with Gasteiger partial charge in [-0.15, -0.1) is 0 Å². The van der Waals surface area contributed by atoms with E-state index in [1.165, 1.54) is 18.2 Å². The highest BCUT2D eigenvalue weighted by molar-refractivity contribution is 9.10. The second-order valence-corrected chi connectivity index (χ2v) is 4.66. The highest BCUT2D eigenvalue weighted by atomic mass is 79.9. The molecule has 0 aliphatic rings. The Morgan fingerprint density at radius 2 is 1.83 bits per heavy atom. The van der Waals surface area contributed by atoms with E-state index in [1.54, 1.807) is 18.2 Å². The number of anilines is 1. The molecule has 0 fully saturated rings. The number of phenols is 2. The fourth-order valence-electron chi connectivity index (χ4n) is 1.49. The van der Waals surface area contributed by atoms with E-state index in [2.05, 4.69) is 21.2 Å². The number of rotatable bonds is 3. The summed E-state index contributed by atoms with van der Waals surface area (Å²) < 4.78 is 13.7. The van der Waals surface area contributed by atoms with Crippen molar-refractivity contribution in [2.24, 2.45) is 0 Å². The molecule has 0 saturated carbocycles. The van der Waals surface area contributed by atoms with Crippen molar-refractivity contribution < 1.29 is 14.6 Å². The molecule has 0 atom stereocenters. The Morgan fingerprint density at radius 3 is 2.50 bits per heavy atom. The van der Waals surface area contributed by atoms with Crippen LogP contribution in [0.4, 0.5) is 10.1 Å². The number of benzene rings is 2. The SMILES string of the molecule is Oc1ccc(CNc2ccc(Br)c(F)c2)cc1O. The highest BCUT2D eigenvalue weighted by Gasteiger charge is 2.02. The Morgan fingerprint density at radius 1 is 1.06 bits per heavy atom. The van der Waals surface area contributed by atoms with Crippen molar-refractivity contribution in [2.75, 3.05) is 5.32 Å². The molecule has 0 unspecified atom stereocenters. The van der Waals surface area contributed by atoms with Crippen LogP contribution in [0, 0.1) is 5.82 Å². The van der Waals surface area contributed by atoms with Crippen LogP contribution in [-0.4, -0.2) is 10.2 Å². The van der Waals surface area contributed by atoms with Crippen LogP contribution in [0.25, 0.3) is 0 Å². The van der Waals surface area contributed by atoms with Gasteiger partial charge in [-0.1, -0.05) is 6.07 Å². The maximum Gasteiger partial charge on any atom is 0.157 e. The van der Waals surface area contributed by atoms with Crippen LogP contribution in [0.3, 0.4) is 0 Å². The van der Waals surface area contributed by atoms with E-state index in [-0.39, 0.29) is 17.3 Å². The van der Waals surface area contributed by atoms with E-state index in [0.29, 0.717) is 16.7 Å². The van der Waals surface area contributed by atoms with Crippen molar-refractivity contribution in [2.45, 2.75) is 6.54 Å². The first kappa shape index (κ1) is 12.7. The van der Waals surface area contributed by atoms with E-state index in [1.807, 2.05) is 0 Å². The van der Waals surface area contributed by atoms with E-state index >= 15 is 0 Å². The summed E-state index contributed by atoms with van der Waals surface area (Å²) in [6.07, 6.45) is 0. The summed E-state index contributed by atoms with van der Waals surface area (Å²) in [5.74, 6) is -0.668. The monoisotopic (exact) mass is 311 g/mol. The number of aromatic hydroxyl groups is 2. The van der Waals surface area contributed by atoms with Gasteiger partial charge in [0.2, 0.25) is 0 Å². The van der Waals surface area contributed by atoms with E-state index in [4.69, 9.17) is 0 Å². The highest BCUT2D eigenvalue weighted by Crippen LogP contribution is 2.25. The predicted molar refractivity (Wildman–Crippen MR) is 71.2 cm³/mol. The van der Waals surface area contributed by atoms with Gasteiger partial charge in [0, 0.05) is 12.2 Å². The van der Waals surface area contributed by atoms with Crippen LogP contribution in [0.15, 0.2) is 40.9 Å². The van der Waals surface area contributed by atoms with Crippen LogP contribution in [0.1, 0.15) is 5.56 Å². The Kier molecular flexibility index (Phi) is 3.72. The van der Waals surface area contributed by atoms with Gasteiger partial charge < -0.3 is 15.5 Å². The van der Waals surface area contributed by atoms with Crippen LogP contribution in [0.2, 0.25) is 0 Å². The molecule has 3 N–H and O–H groups in total. The molecule has 94 valence electrons. The van der Waals surface area contributed by atoms with Gasteiger partial charge in [0.15, 0.2) is 11.5 Å². The van der Waals surface area contributed by atoms with Crippen molar-refractivity contribution in [3.05, 3.63) is 52.3 Å². The molecular formula is C13H11BrFNO2. The minimum Gasteiger partial charge on any atom is -0.504 e. The first-order chi connectivity index (χ1) is 8.56. The zero-order valence-corrected chi connectivity index (χ0v) is 10.9. The van der Waals surface area contributed by atoms with Gasteiger partial charge in [-0.25, -0.2) is 4.39 Å². The molecule has 0 saturated heterocycles. The molecule has 0 heterocycles. The lowest BCUT2D eigenvalue weighted by atomic mass is 10.2. The van der Waals surface area contributed by atoms with Crippen molar-refractivity contribution in [3.8, 4) is 11.5 Å². The third kappa shape index (κ3) is 2.92. The summed E-state index contributed by atoms with van der Waals surface area (Å²) in [6, 6.07) is 9.28. The second kappa shape index (κ2) is 5.27. The molecule has 0 radical (unpaired) electrons. The minimum atomic E-state index is -0.339. The molecule has 0 aliphatic heterocycles. The topological polar surface area (TPSA) is 52.5 Å². The summed E-state index contributed by atoms with van der Waals surface area (Å²) in [4.78, 5) is 0. The van der Waals surface area contributed by atoms with Crippen LogP contribution in [0.5, 0.6) is 11.5 Å². The Bertz CT molecular complexity index is 523. The molecule has 18 heavy (non-hydrogen) atoms. The fourth-order valence-corrected chi connectivity index (χ4v) is 1.74. The third-order valence-electron chi connectivity index (χ3n) is 2.46. The molecule has 0 bridgehead atoms. The quantitative estimate of drug-likeness (QED) is 0.759. The van der Waals surface area contributed by atoms with Gasteiger partial charge in [-0.2, -0.15) is 0 Å². The predicted octanol–water partition coefficient (Wildman–Crippen LogP) is 3.61. The van der Waals surface area contributed by atoms with Crippen LogP contribution in [-0.2, 0) is 6.54 Å². The Hall–Kier alpha value is -1.75. The molecular weight excluding hydrogens is 301 g/mol. The minimum absolute atomic E-state index is 0.159. The number of hydrogen-bond donors (Lipinski definition) is 3. The lowest BCUT2D eigenvalue weighted by Gasteiger charge is -2.08. The van der Waals surface area contributed by atoms with Crippen molar-refractivity contribution in [1.29, 1.82) is 0 Å². The molecule has 5 heteroatoms. The summed E-state index contributed by atoms with van der Waals surface area (Å²) in [7, 11) is 0. The summed E-state index contributed by atoms with van der Waals surface area (Å²) in [5, 5.41) is 21.5. The maximum absolute atomic E-state index is 13.3. The number of halogens is 2. The second-order valence-electron chi connectivity index (χ2n) is 3.81. The molecule has 2 rings (SSSR count). The Labute approximate surface area is 112 Å². The average molecular weight is 312 g/mol. The largest absolute Gasteiger partial charge is 0.504 e. The summed E-state index contributed by atoms with van der Waals surface area (Å²) in [5.41, 5.74) is 1.43. The molecule has 0 spiro atoms. The van der Waals surface area contributed by atoms with Gasteiger partial charge in [-0.05, 0) is 51.8 Å². The van der Waals surface area contributed by atoms with E-state index < -0.39 is 0 Å². The van der Waals surface area contributed by atoms with Gasteiger partial charge in [0.25, 0.3) is 0 Å². The molecule has 0 aliphatic carbocycles. The first-order valence-electron chi connectivity index (χ1n) is 5.26. The average Bonchev–Trinajstić information content (AvgIpc) is 2.35. The third-order valence-corrected chi connectivity index (χ3v) is 3.10. The lowest BCUT2D eigenvalue weighted by molar-refractivity contribution is 0.403. The first-order valence-corrected chi connectivity index (χ1v) is 6.05. The summed E-state index contributed by atoms with van der Waals surface area (Å²) in [6.45, 7) is 0.426. The number of hydrogen-bond acceptors (Lipinski definition) is 3. The normalized spacial score (nSPS) is 10.3. The Balaban J connectivity index is 2.06. The zero-order chi connectivity index (χ0) is 13.1. The van der Waals surface area contributed by atoms with E-state index in [9.17, 15) is 14.6 Å². The lowest BCUT2D eigenvalue weighted by Crippen LogP contribution is -1.99. The molecule has 2 aromatic carbocycles. The van der Waals surface area contributed by atoms with Crippen molar-refractivity contribution >= 4 is 21.6 Å². The molecule has 0 aromatic heterocycles. The molecule has 3 nitrogen and oxygen atoms in total. The molecule has 0 amide bonds. The maximum atomic E-state index is 13.3. The number of phenolic OH excluding ortho intramolecular Hbond substituents is 2. The van der Waals surface area contributed by atoms with Crippen LogP contribution < -0.4 is 5.32 Å². The number of nitrogens with one attached hydrogen (secondary N) is 1. The standard InChI is InChI=1S/C13H11BrFNO2/c14-10-3-2-9(6-11(10)15)16-7-8-1-4-12(17)13(18)5-8/h1-6,16-18H,7H2. The zero-order valence-electron chi connectivity index (χ0n) is 9.32. The fraction of sp³-hybridized carbons (Fsp3) is 0.0769. The van der Waals surface area contributed by atoms with E-state index in [0.717, 1.165) is 5.56 Å². The van der Waals surface area contributed by atoms with Gasteiger partial charge >= 0.3 is 0 Å². The van der Waals surface area contributed by atoms with Gasteiger partial charge in [0.05, 0.1) is 4.47 Å². The molecule has 2 aromatic rings. The van der Waals surface area contributed by atoms with Crippen molar-refractivity contribution in [1.82, 2.24) is 0 Å². The summed E-state index contributed by atoms with van der Waals surface area (Å²) >= 11 is 3.08.